The quantitative estimate of drug-likeness (QED) is 0.770. The van der Waals surface area contributed by atoms with Gasteiger partial charge in [-0.25, -0.2) is 9.18 Å². The van der Waals surface area contributed by atoms with Crippen LogP contribution in [0.1, 0.15) is 18.9 Å². The molecule has 0 aliphatic carbocycles. The highest BCUT2D eigenvalue weighted by atomic mass is 35.5. The van der Waals surface area contributed by atoms with Crippen molar-refractivity contribution < 1.29 is 18.8 Å². The van der Waals surface area contributed by atoms with Gasteiger partial charge in [-0.3, -0.25) is 14.5 Å². The van der Waals surface area contributed by atoms with Crippen LogP contribution in [0.25, 0.3) is 0 Å². The molecule has 1 heterocycles. The van der Waals surface area contributed by atoms with Crippen LogP contribution < -0.4 is 10.6 Å². The van der Waals surface area contributed by atoms with Gasteiger partial charge in [0, 0.05) is 10.7 Å². The summed E-state index contributed by atoms with van der Waals surface area (Å²) in [5, 5.41) is 5.78. The molecule has 1 saturated heterocycles. The Labute approximate surface area is 160 Å². The lowest BCUT2D eigenvalue weighted by Gasteiger charge is -2.25. The van der Waals surface area contributed by atoms with Crippen molar-refractivity contribution in [3.63, 3.8) is 0 Å². The zero-order valence-corrected chi connectivity index (χ0v) is 15.2. The Balaban J connectivity index is 1.77. The van der Waals surface area contributed by atoms with Crippen molar-refractivity contribution >= 4 is 35.1 Å². The normalized spacial score (nSPS) is 19.1. The number of carbonyl (C=O) groups excluding carboxylic acids is 3. The van der Waals surface area contributed by atoms with Gasteiger partial charge in [0.2, 0.25) is 5.91 Å². The lowest BCUT2D eigenvalue weighted by atomic mass is 9.87. The van der Waals surface area contributed by atoms with Crippen LogP contribution in [0.15, 0.2) is 48.5 Å². The summed E-state index contributed by atoms with van der Waals surface area (Å²) in [7, 11) is 0. The minimum absolute atomic E-state index is 0.262. The molecule has 4 amide bonds. The van der Waals surface area contributed by atoms with Crippen molar-refractivity contribution in [3.05, 3.63) is 64.9 Å². The van der Waals surface area contributed by atoms with E-state index < -0.39 is 35.7 Å². The number of nitrogens with zero attached hydrogens (tertiary/aromatic N) is 1. The Morgan fingerprint density at radius 3 is 2.37 bits per heavy atom. The average molecular weight is 390 g/mol. The van der Waals surface area contributed by atoms with E-state index in [-0.39, 0.29) is 6.42 Å². The van der Waals surface area contributed by atoms with Gasteiger partial charge in [0.1, 0.15) is 17.9 Å². The van der Waals surface area contributed by atoms with Crippen molar-refractivity contribution in [3.8, 4) is 0 Å². The number of benzene rings is 2. The van der Waals surface area contributed by atoms with Gasteiger partial charge in [-0.15, -0.1) is 0 Å². The standard InChI is InChI=1S/C19H17ClFN3O3/c1-2-19(12-3-7-14(21)8-4-12)17(26)24(18(27)23-19)11-16(25)22-15-9-5-13(20)6-10-15/h3-10H,2,11H2,1H3,(H,22,25)(H,23,27)/t19-/m1/s1. The SMILES string of the molecule is CC[C@]1(c2ccc(F)cc2)NC(=O)N(CC(=O)Nc2ccc(Cl)cc2)C1=O. The zero-order chi connectivity index (χ0) is 19.6. The molecule has 0 saturated carbocycles. The van der Waals surface area contributed by atoms with Gasteiger partial charge < -0.3 is 10.6 Å². The van der Waals surface area contributed by atoms with Gasteiger partial charge in [-0.2, -0.15) is 0 Å². The fourth-order valence-corrected chi connectivity index (χ4v) is 3.15. The lowest BCUT2D eigenvalue weighted by Crippen LogP contribution is -2.44. The van der Waals surface area contributed by atoms with E-state index in [1.165, 1.54) is 24.3 Å². The van der Waals surface area contributed by atoms with Gasteiger partial charge >= 0.3 is 6.03 Å². The maximum absolute atomic E-state index is 13.2. The van der Waals surface area contributed by atoms with Crippen LogP contribution in [0.3, 0.4) is 0 Å². The molecule has 0 radical (unpaired) electrons. The van der Waals surface area contributed by atoms with Crippen LogP contribution in [0, 0.1) is 5.82 Å². The lowest BCUT2D eigenvalue weighted by molar-refractivity contribution is -0.134. The molecule has 27 heavy (non-hydrogen) atoms. The van der Waals surface area contributed by atoms with E-state index in [4.69, 9.17) is 11.6 Å². The number of amides is 4. The van der Waals surface area contributed by atoms with Gasteiger partial charge in [0.15, 0.2) is 0 Å². The Kier molecular flexibility index (Phi) is 5.14. The first-order chi connectivity index (χ1) is 12.9. The number of nitrogens with one attached hydrogen (secondary N) is 2. The molecule has 0 aromatic heterocycles. The smallest absolute Gasteiger partial charge is 0.325 e. The van der Waals surface area contributed by atoms with E-state index in [2.05, 4.69) is 10.6 Å². The molecule has 140 valence electrons. The largest absolute Gasteiger partial charge is 0.325 e. The number of urea groups is 1. The van der Waals surface area contributed by atoms with Crippen LogP contribution in [0.5, 0.6) is 0 Å². The molecule has 0 unspecified atom stereocenters. The van der Waals surface area contributed by atoms with E-state index in [9.17, 15) is 18.8 Å². The van der Waals surface area contributed by atoms with Crippen molar-refractivity contribution in [2.45, 2.75) is 18.9 Å². The van der Waals surface area contributed by atoms with Gasteiger partial charge in [-0.1, -0.05) is 30.7 Å². The highest BCUT2D eigenvalue weighted by Crippen LogP contribution is 2.32. The summed E-state index contributed by atoms with van der Waals surface area (Å²) in [6.45, 7) is 1.30. The molecule has 3 rings (SSSR count). The first-order valence-electron chi connectivity index (χ1n) is 8.31. The molecule has 8 heteroatoms. The summed E-state index contributed by atoms with van der Waals surface area (Å²) >= 11 is 5.80. The summed E-state index contributed by atoms with van der Waals surface area (Å²) in [5.74, 6) is -1.51. The Bertz CT molecular complexity index is 886. The molecule has 0 spiro atoms. The zero-order valence-electron chi connectivity index (χ0n) is 14.5. The third kappa shape index (κ3) is 3.64. The highest BCUT2D eigenvalue weighted by Gasteiger charge is 2.51. The first kappa shape index (κ1) is 18.8. The van der Waals surface area contributed by atoms with E-state index >= 15 is 0 Å². The van der Waals surface area contributed by atoms with Gasteiger partial charge in [0.05, 0.1) is 0 Å². The Morgan fingerprint density at radius 2 is 1.78 bits per heavy atom. The summed E-state index contributed by atoms with van der Waals surface area (Å²) in [6, 6.07) is 11.1. The maximum atomic E-state index is 13.2. The predicted molar refractivity (Wildman–Crippen MR) is 98.7 cm³/mol. The van der Waals surface area contributed by atoms with Crippen molar-refractivity contribution in [1.82, 2.24) is 10.2 Å². The molecule has 2 N–H and O–H groups in total. The molecule has 1 atom stereocenters. The molecular formula is C19H17ClFN3O3. The average Bonchev–Trinajstić information content (AvgIpc) is 2.89. The van der Waals surface area contributed by atoms with Crippen LogP contribution in [-0.4, -0.2) is 29.3 Å². The van der Waals surface area contributed by atoms with Gasteiger partial charge in [0.25, 0.3) is 5.91 Å². The van der Waals surface area contributed by atoms with Crippen LogP contribution in [-0.2, 0) is 15.1 Å². The third-order valence-corrected chi connectivity index (χ3v) is 4.72. The van der Waals surface area contributed by atoms with Gasteiger partial charge in [-0.05, 0) is 48.4 Å². The highest BCUT2D eigenvalue weighted by molar-refractivity contribution is 6.30. The Morgan fingerprint density at radius 1 is 1.15 bits per heavy atom. The first-order valence-corrected chi connectivity index (χ1v) is 8.69. The number of imide groups is 1. The van der Waals surface area contributed by atoms with Crippen molar-refractivity contribution in [2.75, 3.05) is 11.9 Å². The summed E-state index contributed by atoms with van der Waals surface area (Å²) < 4.78 is 13.2. The van der Waals surface area contributed by atoms with Crippen molar-refractivity contribution in [2.24, 2.45) is 0 Å². The maximum Gasteiger partial charge on any atom is 0.325 e. The second-order valence-corrected chi connectivity index (χ2v) is 6.58. The molecule has 2 aromatic carbocycles. The fourth-order valence-electron chi connectivity index (χ4n) is 3.02. The third-order valence-electron chi connectivity index (χ3n) is 4.47. The molecule has 1 aliphatic heterocycles. The molecule has 0 bridgehead atoms. The fraction of sp³-hybridized carbons (Fsp3) is 0.211. The van der Waals surface area contributed by atoms with Crippen LogP contribution in [0.2, 0.25) is 5.02 Å². The predicted octanol–water partition coefficient (Wildman–Crippen LogP) is 3.27. The number of rotatable bonds is 5. The van der Waals surface area contributed by atoms with Crippen LogP contribution >= 0.6 is 11.6 Å². The molecule has 1 fully saturated rings. The molecule has 6 nitrogen and oxygen atoms in total. The second-order valence-electron chi connectivity index (χ2n) is 6.14. The van der Waals surface area contributed by atoms with E-state index in [0.717, 1.165) is 4.90 Å². The number of halogens is 2. The van der Waals surface area contributed by atoms with Crippen LogP contribution in [0.4, 0.5) is 14.9 Å². The minimum atomic E-state index is -1.31. The summed E-state index contributed by atoms with van der Waals surface area (Å²) in [5.41, 5.74) is -0.354. The monoisotopic (exact) mass is 389 g/mol. The Hall–Kier alpha value is -2.93. The number of carbonyl (C=O) groups is 3. The molecule has 2 aromatic rings. The summed E-state index contributed by atoms with van der Waals surface area (Å²) in [4.78, 5) is 38.4. The number of hydrogen-bond donors (Lipinski definition) is 2. The summed E-state index contributed by atoms with van der Waals surface area (Å²) in [6.07, 6.45) is 0.262. The van der Waals surface area contributed by atoms with E-state index in [0.29, 0.717) is 16.3 Å². The number of hydrogen-bond acceptors (Lipinski definition) is 3. The number of anilines is 1. The topological polar surface area (TPSA) is 78.5 Å². The second kappa shape index (κ2) is 7.36. The van der Waals surface area contributed by atoms with Crippen molar-refractivity contribution in [1.29, 1.82) is 0 Å². The molecule has 1 aliphatic rings. The molecular weight excluding hydrogens is 373 g/mol. The van der Waals surface area contributed by atoms with E-state index in [1.807, 2.05) is 0 Å². The van der Waals surface area contributed by atoms with E-state index in [1.54, 1.807) is 31.2 Å². The minimum Gasteiger partial charge on any atom is -0.325 e.